The van der Waals surface area contributed by atoms with Gasteiger partial charge < -0.3 is 20.0 Å². The maximum Gasteiger partial charge on any atom is 0.320 e. The van der Waals surface area contributed by atoms with Gasteiger partial charge in [0.2, 0.25) is 11.8 Å². The van der Waals surface area contributed by atoms with Gasteiger partial charge in [0.1, 0.15) is 15.7 Å². The van der Waals surface area contributed by atoms with Crippen molar-refractivity contribution in [2.45, 2.75) is 20.8 Å². The third-order valence-corrected chi connectivity index (χ3v) is 8.04. The molecular weight excluding hydrogens is 556 g/mol. The fourth-order valence-electron chi connectivity index (χ4n) is 4.57. The number of aromatic nitrogens is 5. The van der Waals surface area contributed by atoms with E-state index in [2.05, 4.69) is 53.0 Å². The van der Waals surface area contributed by atoms with Gasteiger partial charge >= 0.3 is 6.03 Å². The van der Waals surface area contributed by atoms with Crippen molar-refractivity contribution >= 4 is 29.1 Å². The number of carbonyl (C=O) groups excluding carboxylic acids is 2. The van der Waals surface area contributed by atoms with Gasteiger partial charge in [-0.3, -0.25) is 20.0 Å². The van der Waals surface area contributed by atoms with E-state index in [-0.39, 0.29) is 11.9 Å². The summed E-state index contributed by atoms with van der Waals surface area (Å²) in [6.45, 7) is 11.3. The van der Waals surface area contributed by atoms with Crippen LogP contribution in [0.4, 0.5) is 10.6 Å². The maximum atomic E-state index is 13.2. The Morgan fingerprint density at radius 1 is 1.00 bits per heavy atom. The zero-order valence-corrected chi connectivity index (χ0v) is 24.9. The Bertz CT molecular complexity index is 1560. The average molecular weight is 591 g/mol. The van der Waals surface area contributed by atoms with E-state index in [4.69, 9.17) is 9.40 Å². The molecule has 1 aliphatic heterocycles. The highest BCUT2D eigenvalue weighted by atomic mass is 32.1. The molecule has 13 nitrogen and oxygen atoms in total. The highest BCUT2D eigenvalue weighted by molar-refractivity contribution is 7.17. The molecule has 0 aromatic carbocycles. The Morgan fingerprint density at radius 3 is 2.52 bits per heavy atom. The molecule has 0 bridgehead atoms. The minimum Gasteiger partial charge on any atom is -0.421 e. The summed E-state index contributed by atoms with van der Waals surface area (Å²) in [7, 11) is 2.12. The van der Waals surface area contributed by atoms with Gasteiger partial charge in [-0.15, -0.1) is 21.5 Å². The van der Waals surface area contributed by atoms with Crippen LogP contribution in [0.5, 0.6) is 0 Å². The van der Waals surface area contributed by atoms with E-state index < -0.39 is 0 Å². The summed E-state index contributed by atoms with van der Waals surface area (Å²) < 4.78 is 5.59. The van der Waals surface area contributed by atoms with Gasteiger partial charge in [0.15, 0.2) is 0 Å². The molecule has 3 N–H and O–H groups in total. The number of aryl methyl sites for hydroxylation is 2. The van der Waals surface area contributed by atoms with Crippen LogP contribution in [0.1, 0.15) is 28.2 Å². The SMILES string of the molecule is CCNC(=O)Nc1cc(-c2nc(C)c(C(=O)NCCN3CCN(C)CC3)s2)c(-c2cncc(-c3nnc(C)o3)c2)cn1. The number of hydrogen-bond acceptors (Lipinski definition) is 11. The highest BCUT2D eigenvalue weighted by Gasteiger charge is 2.21. The number of pyridine rings is 2. The lowest BCUT2D eigenvalue weighted by atomic mass is 10.0. The van der Waals surface area contributed by atoms with Gasteiger partial charge in [0, 0.05) is 88.0 Å². The second-order valence-electron chi connectivity index (χ2n) is 10.0. The lowest BCUT2D eigenvalue weighted by Crippen LogP contribution is -2.46. The van der Waals surface area contributed by atoms with Crippen molar-refractivity contribution in [3.8, 4) is 33.2 Å². The third kappa shape index (κ3) is 6.95. The van der Waals surface area contributed by atoms with Gasteiger partial charge in [0.25, 0.3) is 5.91 Å². The number of urea groups is 1. The smallest absolute Gasteiger partial charge is 0.320 e. The minimum atomic E-state index is -0.366. The Morgan fingerprint density at radius 2 is 1.79 bits per heavy atom. The largest absolute Gasteiger partial charge is 0.421 e. The standard InChI is InChI=1S/C28H34N10O3S/c1-5-30-28(40)34-23-13-21(22(16-32-23)19-12-20(15-29-14-19)26-36-35-18(3)41-26)27-33-17(2)24(42-27)25(39)31-6-7-38-10-8-37(4)9-11-38/h12-16H,5-11H2,1-4H3,(H,31,39)(H2,30,32,34,40). The predicted molar refractivity (Wildman–Crippen MR) is 160 cm³/mol. The second kappa shape index (κ2) is 13.1. The summed E-state index contributed by atoms with van der Waals surface area (Å²) in [5.74, 6) is 0.997. The first-order chi connectivity index (χ1) is 20.3. The molecular formula is C28H34N10O3S. The van der Waals surface area contributed by atoms with E-state index in [1.807, 2.05) is 19.9 Å². The van der Waals surface area contributed by atoms with Crippen LogP contribution >= 0.6 is 11.3 Å². The third-order valence-electron chi connectivity index (χ3n) is 6.85. The maximum absolute atomic E-state index is 13.2. The number of nitrogens with one attached hydrogen (secondary N) is 3. The topological polar surface area (TPSA) is 154 Å². The van der Waals surface area contributed by atoms with Crippen LogP contribution in [0.15, 0.2) is 35.1 Å². The number of carbonyl (C=O) groups is 2. The molecule has 14 heteroatoms. The number of rotatable bonds is 9. The van der Waals surface area contributed by atoms with Gasteiger partial charge in [0.05, 0.1) is 11.3 Å². The Kier molecular flexibility index (Phi) is 9.15. The average Bonchev–Trinajstić information content (AvgIpc) is 3.60. The first-order valence-corrected chi connectivity index (χ1v) is 14.6. The molecule has 1 fully saturated rings. The number of thiazole rings is 1. The van der Waals surface area contributed by atoms with Gasteiger partial charge in [-0.1, -0.05) is 0 Å². The summed E-state index contributed by atoms with van der Waals surface area (Å²) in [5.41, 5.74) is 3.43. The minimum absolute atomic E-state index is 0.155. The molecule has 0 unspecified atom stereocenters. The molecule has 220 valence electrons. The number of piperazine rings is 1. The van der Waals surface area contributed by atoms with E-state index in [0.717, 1.165) is 43.9 Å². The normalized spacial score (nSPS) is 14.1. The first-order valence-electron chi connectivity index (χ1n) is 13.8. The monoisotopic (exact) mass is 590 g/mol. The molecule has 42 heavy (non-hydrogen) atoms. The fourth-order valence-corrected chi connectivity index (χ4v) is 5.58. The van der Waals surface area contributed by atoms with E-state index >= 15 is 0 Å². The molecule has 4 aromatic heterocycles. The van der Waals surface area contributed by atoms with E-state index in [1.54, 1.807) is 31.6 Å². The molecule has 0 aliphatic carbocycles. The molecule has 0 spiro atoms. The molecule has 4 aromatic rings. The molecule has 0 atom stereocenters. The summed E-state index contributed by atoms with van der Waals surface area (Å²) in [4.78, 5) is 44.2. The summed E-state index contributed by atoms with van der Waals surface area (Å²) in [6.07, 6.45) is 5.01. The Balaban J connectivity index is 1.42. The molecule has 0 saturated carbocycles. The zero-order valence-electron chi connectivity index (χ0n) is 24.1. The van der Waals surface area contributed by atoms with Crippen LogP contribution in [0.3, 0.4) is 0 Å². The van der Waals surface area contributed by atoms with Gasteiger partial charge in [-0.05, 0) is 33.0 Å². The number of nitrogens with zero attached hydrogens (tertiary/aromatic N) is 7. The summed E-state index contributed by atoms with van der Waals surface area (Å²) in [5, 5.41) is 17.1. The van der Waals surface area contributed by atoms with Crippen molar-refractivity contribution in [2.24, 2.45) is 0 Å². The molecule has 1 aliphatic rings. The summed E-state index contributed by atoms with van der Waals surface area (Å²) >= 11 is 1.30. The lowest BCUT2D eigenvalue weighted by Gasteiger charge is -2.32. The van der Waals surface area contributed by atoms with Crippen LogP contribution in [0.25, 0.3) is 33.2 Å². The number of likely N-dealkylation sites (N-methyl/N-ethyl adjacent to an activating group) is 1. The van der Waals surface area contributed by atoms with Crippen molar-refractivity contribution < 1.29 is 14.0 Å². The van der Waals surface area contributed by atoms with Crippen molar-refractivity contribution in [1.82, 2.24) is 45.6 Å². The quantitative estimate of drug-likeness (QED) is 0.265. The van der Waals surface area contributed by atoms with Crippen molar-refractivity contribution in [3.63, 3.8) is 0 Å². The van der Waals surface area contributed by atoms with Crippen LogP contribution in [0.2, 0.25) is 0 Å². The van der Waals surface area contributed by atoms with Crippen LogP contribution in [-0.2, 0) is 0 Å². The number of amides is 3. The Hall–Kier alpha value is -4.27. The van der Waals surface area contributed by atoms with Crippen LogP contribution in [0, 0.1) is 13.8 Å². The van der Waals surface area contributed by atoms with Crippen LogP contribution < -0.4 is 16.0 Å². The van der Waals surface area contributed by atoms with Gasteiger partial charge in [-0.25, -0.2) is 14.8 Å². The zero-order chi connectivity index (χ0) is 29.6. The molecule has 3 amide bonds. The molecule has 5 heterocycles. The van der Waals surface area contributed by atoms with E-state index in [0.29, 0.717) is 57.4 Å². The fraction of sp³-hybridized carbons (Fsp3) is 0.393. The van der Waals surface area contributed by atoms with Crippen molar-refractivity contribution in [2.75, 3.05) is 58.2 Å². The molecule has 1 saturated heterocycles. The van der Waals surface area contributed by atoms with Gasteiger partial charge in [-0.2, -0.15) is 0 Å². The van der Waals surface area contributed by atoms with E-state index in [9.17, 15) is 9.59 Å². The van der Waals surface area contributed by atoms with Crippen molar-refractivity contribution in [3.05, 3.63) is 47.2 Å². The predicted octanol–water partition coefficient (Wildman–Crippen LogP) is 3.05. The van der Waals surface area contributed by atoms with E-state index in [1.165, 1.54) is 11.3 Å². The first kappa shape index (κ1) is 29.2. The number of anilines is 1. The summed E-state index contributed by atoms with van der Waals surface area (Å²) in [6, 6.07) is 3.26. The molecule has 5 rings (SSSR count). The number of hydrogen-bond donors (Lipinski definition) is 3. The lowest BCUT2D eigenvalue weighted by molar-refractivity contribution is 0.0944. The van der Waals surface area contributed by atoms with Crippen molar-refractivity contribution in [1.29, 1.82) is 0 Å². The molecule has 0 radical (unpaired) electrons. The van der Waals surface area contributed by atoms with Crippen LogP contribution in [-0.4, -0.2) is 99.7 Å². The Labute approximate surface area is 247 Å². The second-order valence-corrected chi connectivity index (χ2v) is 11.0. The highest BCUT2D eigenvalue weighted by Crippen LogP contribution is 2.37.